The highest BCUT2D eigenvalue weighted by atomic mass is 35.5. The van der Waals surface area contributed by atoms with Crippen molar-refractivity contribution in [3.05, 3.63) is 64.9 Å². The summed E-state index contributed by atoms with van der Waals surface area (Å²) < 4.78 is 33.1. The number of nitrogens with zero attached hydrogens (tertiary/aromatic N) is 3. The SMILES string of the molecule is Nn1c(COc2ccccc2F)nnc1SCC(=O)Nc1ccc(F)cc1Cl. The van der Waals surface area contributed by atoms with Crippen LogP contribution in [0.25, 0.3) is 0 Å². The zero-order chi connectivity index (χ0) is 20.1. The maximum atomic E-state index is 13.6. The Morgan fingerprint density at radius 2 is 2.04 bits per heavy atom. The molecule has 0 atom stereocenters. The molecule has 0 fully saturated rings. The number of nitrogens with two attached hydrogens (primary N) is 1. The maximum absolute atomic E-state index is 13.6. The first-order chi connectivity index (χ1) is 13.4. The molecule has 0 spiro atoms. The van der Waals surface area contributed by atoms with Gasteiger partial charge in [0.1, 0.15) is 12.4 Å². The largest absolute Gasteiger partial charge is 0.482 e. The highest BCUT2D eigenvalue weighted by Crippen LogP contribution is 2.23. The quantitative estimate of drug-likeness (QED) is 0.445. The molecule has 1 heterocycles. The number of ether oxygens (including phenoxy) is 1. The maximum Gasteiger partial charge on any atom is 0.234 e. The van der Waals surface area contributed by atoms with Gasteiger partial charge in [-0.25, -0.2) is 13.5 Å². The number of carbonyl (C=O) groups excluding carboxylic acids is 1. The molecular weight excluding hydrogens is 412 g/mol. The fraction of sp³-hybridized carbons (Fsp3) is 0.118. The summed E-state index contributed by atoms with van der Waals surface area (Å²) >= 11 is 6.90. The lowest BCUT2D eigenvalue weighted by molar-refractivity contribution is -0.113. The second-order valence-corrected chi connectivity index (χ2v) is 6.80. The molecule has 0 bridgehead atoms. The number of hydrogen-bond acceptors (Lipinski definition) is 6. The van der Waals surface area contributed by atoms with Gasteiger partial charge in [-0.2, -0.15) is 0 Å². The molecule has 3 aromatic rings. The number of benzene rings is 2. The molecule has 28 heavy (non-hydrogen) atoms. The zero-order valence-corrected chi connectivity index (χ0v) is 15.8. The first-order valence-corrected chi connectivity index (χ1v) is 9.25. The highest BCUT2D eigenvalue weighted by Gasteiger charge is 2.14. The van der Waals surface area contributed by atoms with E-state index < -0.39 is 11.6 Å². The number of anilines is 1. The molecule has 2 aromatic carbocycles. The second kappa shape index (κ2) is 8.89. The van der Waals surface area contributed by atoms with Gasteiger partial charge >= 0.3 is 0 Å². The van der Waals surface area contributed by atoms with Crippen LogP contribution in [0, 0.1) is 11.6 Å². The van der Waals surface area contributed by atoms with Crippen molar-refractivity contribution in [3.63, 3.8) is 0 Å². The second-order valence-electron chi connectivity index (χ2n) is 5.45. The van der Waals surface area contributed by atoms with E-state index >= 15 is 0 Å². The van der Waals surface area contributed by atoms with Crippen LogP contribution in [0.1, 0.15) is 5.82 Å². The van der Waals surface area contributed by atoms with Crippen molar-refractivity contribution in [1.29, 1.82) is 0 Å². The van der Waals surface area contributed by atoms with Gasteiger partial charge in [0, 0.05) is 0 Å². The summed E-state index contributed by atoms with van der Waals surface area (Å²) in [4.78, 5) is 12.0. The average molecular weight is 426 g/mol. The van der Waals surface area contributed by atoms with Gasteiger partial charge in [-0.05, 0) is 30.3 Å². The standard InChI is InChI=1S/C17H14ClF2N5O2S/c18-11-7-10(19)5-6-13(11)22-16(26)9-28-17-24-23-15(25(17)21)8-27-14-4-2-1-3-12(14)20/h1-7H,8-9,21H2,(H,22,26). The third-order valence-corrected chi connectivity index (χ3v) is 4.72. The van der Waals surface area contributed by atoms with E-state index in [2.05, 4.69) is 15.5 Å². The minimum atomic E-state index is -0.503. The summed E-state index contributed by atoms with van der Waals surface area (Å²) in [5.74, 6) is 4.79. The van der Waals surface area contributed by atoms with Crippen LogP contribution in [0.4, 0.5) is 14.5 Å². The fourth-order valence-electron chi connectivity index (χ4n) is 2.12. The van der Waals surface area contributed by atoms with Gasteiger partial charge in [0.05, 0.1) is 16.5 Å². The topological polar surface area (TPSA) is 95.1 Å². The Kier molecular flexibility index (Phi) is 6.32. The molecular formula is C17H14ClF2N5O2S. The van der Waals surface area contributed by atoms with E-state index in [1.807, 2.05) is 0 Å². The number of nitrogens with one attached hydrogen (secondary N) is 1. The number of nitrogen functional groups attached to an aromatic ring is 1. The average Bonchev–Trinajstić information content (AvgIpc) is 3.01. The smallest absolute Gasteiger partial charge is 0.234 e. The van der Waals surface area contributed by atoms with Crippen molar-refractivity contribution in [2.75, 3.05) is 16.9 Å². The molecule has 0 unspecified atom stereocenters. The monoisotopic (exact) mass is 425 g/mol. The van der Waals surface area contributed by atoms with Crippen LogP contribution in [-0.4, -0.2) is 26.5 Å². The van der Waals surface area contributed by atoms with Crippen molar-refractivity contribution in [3.8, 4) is 5.75 Å². The van der Waals surface area contributed by atoms with E-state index in [1.54, 1.807) is 12.1 Å². The third kappa shape index (κ3) is 4.90. The van der Waals surface area contributed by atoms with Crippen molar-refractivity contribution >= 4 is 35.0 Å². The minimum Gasteiger partial charge on any atom is -0.482 e. The third-order valence-electron chi connectivity index (χ3n) is 3.47. The number of thioether (sulfide) groups is 1. The fourth-order valence-corrected chi connectivity index (χ4v) is 3.01. The Labute approximate surface area is 167 Å². The molecule has 0 aliphatic carbocycles. The number of hydrogen-bond donors (Lipinski definition) is 2. The van der Waals surface area contributed by atoms with Crippen molar-refractivity contribution < 1.29 is 18.3 Å². The summed E-state index contributed by atoms with van der Waals surface area (Å²) in [6, 6.07) is 9.59. The molecule has 0 aliphatic heterocycles. The van der Waals surface area contributed by atoms with Gasteiger partial charge < -0.3 is 15.9 Å². The normalized spacial score (nSPS) is 10.7. The van der Waals surface area contributed by atoms with Gasteiger partial charge in [0.25, 0.3) is 0 Å². The van der Waals surface area contributed by atoms with E-state index in [0.717, 1.165) is 22.5 Å². The van der Waals surface area contributed by atoms with E-state index in [9.17, 15) is 13.6 Å². The molecule has 0 saturated heterocycles. The Hall–Kier alpha value is -2.85. The van der Waals surface area contributed by atoms with Crippen LogP contribution >= 0.6 is 23.4 Å². The van der Waals surface area contributed by atoms with Gasteiger partial charge in [0.15, 0.2) is 17.4 Å². The van der Waals surface area contributed by atoms with Gasteiger partial charge in [0.2, 0.25) is 11.1 Å². The van der Waals surface area contributed by atoms with Crippen LogP contribution in [0.5, 0.6) is 5.75 Å². The predicted molar refractivity (Wildman–Crippen MR) is 102 cm³/mol. The molecule has 146 valence electrons. The molecule has 0 saturated carbocycles. The molecule has 3 rings (SSSR count). The number of amides is 1. The summed E-state index contributed by atoms with van der Waals surface area (Å²) in [7, 11) is 0. The van der Waals surface area contributed by atoms with Gasteiger partial charge in [-0.15, -0.1) is 10.2 Å². The Morgan fingerprint density at radius 1 is 1.25 bits per heavy atom. The number of rotatable bonds is 7. The van der Waals surface area contributed by atoms with Crippen LogP contribution in [0.2, 0.25) is 5.02 Å². The van der Waals surface area contributed by atoms with E-state index in [0.29, 0.717) is 5.69 Å². The number of halogens is 3. The lowest BCUT2D eigenvalue weighted by Gasteiger charge is -2.08. The van der Waals surface area contributed by atoms with E-state index in [1.165, 1.54) is 24.3 Å². The van der Waals surface area contributed by atoms with E-state index in [-0.39, 0.29) is 40.0 Å². The molecule has 0 radical (unpaired) electrons. The van der Waals surface area contributed by atoms with Crippen LogP contribution in [-0.2, 0) is 11.4 Å². The summed E-state index contributed by atoms with van der Waals surface area (Å²) in [6.07, 6.45) is 0. The summed E-state index contributed by atoms with van der Waals surface area (Å²) in [6.45, 7) is -0.0949. The molecule has 7 nitrogen and oxygen atoms in total. The predicted octanol–water partition coefficient (Wildman–Crippen LogP) is 3.23. The Balaban J connectivity index is 1.55. The molecule has 0 aliphatic rings. The van der Waals surface area contributed by atoms with Crippen molar-refractivity contribution in [2.24, 2.45) is 0 Å². The van der Waals surface area contributed by atoms with Gasteiger partial charge in [-0.3, -0.25) is 4.79 Å². The minimum absolute atomic E-state index is 0.0305. The van der Waals surface area contributed by atoms with E-state index in [4.69, 9.17) is 22.2 Å². The molecule has 1 aromatic heterocycles. The first kappa shape index (κ1) is 19.9. The van der Waals surface area contributed by atoms with Crippen LogP contribution in [0.15, 0.2) is 47.6 Å². The molecule has 3 N–H and O–H groups in total. The Bertz CT molecular complexity index is 1000. The number of para-hydroxylation sites is 1. The summed E-state index contributed by atoms with van der Waals surface area (Å²) in [5, 5.41) is 10.7. The zero-order valence-electron chi connectivity index (χ0n) is 14.2. The lowest BCUT2D eigenvalue weighted by atomic mass is 10.3. The van der Waals surface area contributed by atoms with Crippen molar-refractivity contribution in [1.82, 2.24) is 14.9 Å². The lowest BCUT2D eigenvalue weighted by Crippen LogP contribution is -2.18. The number of carbonyl (C=O) groups is 1. The highest BCUT2D eigenvalue weighted by molar-refractivity contribution is 7.99. The van der Waals surface area contributed by atoms with Crippen LogP contribution < -0.4 is 15.9 Å². The summed E-state index contributed by atoms with van der Waals surface area (Å²) in [5.41, 5.74) is 0.293. The van der Waals surface area contributed by atoms with Crippen LogP contribution in [0.3, 0.4) is 0 Å². The molecule has 1 amide bonds. The first-order valence-electron chi connectivity index (χ1n) is 7.88. The molecule has 11 heteroatoms. The number of aromatic nitrogens is 3. The van der Waals surface area contributed by atoms with Gasteiger partial charge in [-0.1, -0.05) is 35.5 Å². The van der Waals surface area contributed by atoms with Crippen molar-refractivity contribution in [2.45, 2.75) is 11.8 Å². The Morgan fingerprint density at radius 3 is 2.79 bits per heavy atom.